The Balaban J connectivity index is 1.75. The summed E-state index contributed by atoms with van der Waals surface area (Å²) in [6.07, 6.45) is 0. The van der Waals surface area contributed by atoms with E-state index in [2.05, 4.69) is 10.0 Å². The van der Waals surface area contributed by atoms with Crippen LogP contribution >= 0.6 is 0 Å². The fourth-order valence-corrected chi connectivity index (χ4v) is 6.53. The summed E-state index contributed by atoms with van der Waals surface area (Å²) in [5.41, 5.74) is 3.67. The molecule has 8 nitrogen and oxygen atoms in total. The van der Waals surface area contributed by atoms with Crippen molar-refractivity contribution >= 4 is 37.3 Å². The van der Waals surface area contributed by atoms with Gasteiger partial charge in [-0.25, -0.2) is 21.6 Å². The Hall–Kier alpha value is -3.21. The molecule has 10 heteroatoms. The Bertz CT molecular complexity index is 1440. The van der Waals surface area contributed by atoms with E-state index >= 15 is 0 Å². The number of carbonyl (C=O) groups excluding carboxylic acids is 1. The van der Waals surface area contributed by atoms with E-state index in [0.29, 0.717) is 16.8 Å². The number of carbonyl (C=O) groups is 1. The van der Waals surface area contributed by atoms with Gasteiger partial charge in [-0.1, -0.05) is 30.3 Å². The van der Waals surface area contributed by atoms with Crippen LogP contribution in [-0.2, 0) is 24.8 Å². The van der Waals surface area contributed by atoms with Crippen LogP contribution in [0.15, 0.2) is 70.5 Å². The van der Waals surface area contributed by atoms with Gasteiger partial charge in [-0.05, 0) is 80.3 Å². The number of hydrogen-bond acceptors (Lipinski definition) is 5. The molecule has 35 heavy (non-hydrogen) atoms. The highest BCUT2D eigenvalue weighted by Gasteiger charge is 2.24. The number of amides is 1. The Morgan fingerprint density at radius 2 is 1.43 bits per heavy atom. The zero-order chi connectivity index (χ0) is 26.0. The van der Waals surface area contributed by atoms with Gasteiger partial charge in [-0.2, -0.15) is 0 Å². The molecule has 0 saturated carbocycles. The van der Waals surface area contributed by atoms with Gasteiger partial charge in [0.1, 0.15) is 0 Å². The zero-order valence-electron chi connectivity index (χ0n) is 20.3. The minimum atomic E-state index is -3.94. The summed E-state index contributed by atoms with van der Waals surface area (Å²) in [4.78, 5) is 12.7. The van der Waals surface area contributed by atoms with Gasteiger partial charge in [0.25, 0.3) is 10.0 Å². The third kappa shape index (κ3) is 5.72. The maximum absolute atomic E-state index is 13.0. The predicted molar refractivity (Wildman–Crippen MR) is 138 cm³/mol. The van der Waals surface area contributed by atoms with Gasteiger partial charge in [-0.15, -0.1) is 0 Å². The van der Waals surface area contributed by atoms with Crippen LogP contribution in [0.3, 0.4) is 0 Å². The second-order valence-corrected chi connectivity index (χ2v) is 12.0. The Kier molecular flexibility index (Phi) is 7.68. The predicted octanol–water partition coefficient (Wildman–Crippen LogP) is 3.66. The zero-order valence-corrected chi connectivity index (χ0v) is 21.9. The van der Waals surface area contributed by atoms with E-state index in [0.717, 1.165) is 15.4 Å². The van der Waals surface area contributed by atoms with Gasteiger partial charge in [0.15, 0.2) is 0 Å². The quantitative estimate of drug-likeness (QED) is 0.475. The molecule has 0 atom stereocenters. The Morgan fingerprint density at radius 1 is 0.829 bits per heavy atom. The molecule has 0 aliphatic carbocycles. The van der Waals surface area contributed by atoms with Crippen molar-refractivity contribution in [2.45, 2.75) is 37.5 Å². The lowest BCUT2D eigenvalue weighted by Crippen LogP contribution is -2.34. The van der Waals surface area contributed by atoms with Crippen molar-refractivity contribution in [3.63, 3.8) is 0 Å². The highest BCUT2D eigenvalue weighted by atomic mass is 32.2. The normalized spacial score (nSPS) is 11.8. The Labute approximate surface area is 207 Å². The SMILES string of the molecule is Cc1cc(C)c(C)c(S(=O)(=O)NCC(=O)Nc2cccc(S(=O)(=O)N(C)c3ccccc3)c2)c1C. The highest BCUT2D eigenvalue weighted by molar-refractivity contribution is 7.92. The number of benzene rings is 3. The third-order valence-corrected chi connectivity index (χ3v) is 9.34. The third-order valence-electron chi connectivity index (χ3n) is 5.88. The first-order valence-electron chi connectivity index (χ1n) is 10.9. The number of nitrogens with zero attached hydrogens (tertiary/aromatic N) is 1. The molecule has 186 valence electrons. The minimum Gasteiger partial charge on any atom is -0.325 e. The average molecular weight is 516 g/mol. The summed E-state index contributed by atoms with van der Waals surface area (Å²) in [5.74, 6) is -0.626. The van der Waals surface area contributed by atoms with Crippen LogP contribution < -0.4 is 14.3 Å². The molecule has 0 aliphatic heterocycles. The fraction of sp³-hybridized carbons (Fsp3) is 0.240. The summed E-state index contributed by atoms with van der Waals surface area (Å²) < 4.78 is 55.5. The first kappa shape index (κ1) is 26.4. The smallest absolute Gasteiger partial charge is 0.264 e. The van der Waals surface area contributed by atoms with Crippen molar-refractivity contribution < 1.29 is 21.6 Å². The monoisotopic (exact) mass is 515 g/mol. The van der Waals surface area contributed by atoms with E-state index in [4.69, 9.17) is 0 Å². The van der Waals surface area contributed by atoms with Gasteiger partial charge in [0.2, 0.25) is 15.9 Å². The molecule has 0 heterocycles. The molecule has 0 spiro atoms. The largest absolute Gasteiger partial charge is 0.325 e. The summed E-state index contributed by atoms with van der Waals surface area (Å²) in [6.45, 7) is 6.63. The van der Waals surface area contributed by atoms with Crippen molar-refractivity contribution in [1.82, 2.24) is 4.72 Å². The molecule has 0 aliphatic rings. The molecule has 0 fully saturated rings. The van der Waals surface area contributed by atoms with Crippen LogP contribution in [0.2, 0.25) is 0 Å². The molecular formula is C25H29N3O5S2. The molecule has 2 N–H and O–H groups in total. The average Bonchev–Trinajstić information content (AvgIpc) is 2.82. The van der Waals surface area contributed by atoms with Gasteiger partial charge in [-0.3, -0.25) is 9.10 Å². The molecule has 0 aromatic heterocycles. The first-order valence-corrected chi connectivity index (χ1v) is 13.8. The summed E-state index contributed by atoms with van der Waals surface area (Å²) in [7, 11) is -6.36. The number of para-hydroxylation sites is 1. The number of rotatable bonds is 8. The van der Waals surface area contributed by atoms with Crippen molar-refractivity contribution in [1.29, 1.82) is 0 Å². The first-order chi connectivity index (χ1) is 16.3. The number of hydrogen-bond donors (Lipinski definition) is 2. The molecule has 3 aromatic rings. The maximum Gasteiger partial charge on any atom is 0.264 e. The van der Waals surface area contributed by atoms with E-state index in [-0.39, 0.29) is 15.5 Å². The van der Waals surface area contributed by atoms with E-state index < -0.39 is 32.5 Å². The van der Waals surface area contributed by atoms with Crippen molar-refractivity contribution in [3.8, 4) is 0 Å². The van der Waals surface area contributed by atoms with E-state index in [9.17, 15) is 21.6 Å². The van der Waals surface area contributed by atoms with Gasteiger partial charge < -0.3 is 5.32 Å². The van der Waals surface area contributed by atoms with Crippen LogP contribution in [0.5, 0.6) is 0 Å². The van der Waals surface area contributed by atoms with E-state index in [1.165, 1.54) is 31.3 Å². The molecule has 0 bridgehead atoms. The highest BCUT2D eigenvalue weighted by Crippen LogP contribution is 2.26. The standard InChI is InChI=1S/C25H29N3O5S2/c1-17-14-18(2)20(4)25(19(17)3)34(30,31)26-16-24(29)27-21-10-9-13-23(15-21)35(32,33)28(5)22-11-7-6-8-12-22/h6-15,26H,16H2,1-5H3,(H,27,29). The van der Waals surface area contributed by atoms with Gasteiger partial charge in [0.05, 0.1) is 22.0 Å². The van der Waals surface area contributed by atoms with Crippen molar-refractivity contribution in [2.24, 2.45) is 0 Å². The van der Waals surface area contributed by atoms with E-state index in [1.807, 2.05) is 19.9 Å². The summed E-state index contributed by atoms with van der Waals surface area (Å²) >= 11 is 0. The van der Waals surface area contributed by atoms with Gasteiger partial charge in [0, 0.05) is 12.7 Å². The van der Waals surface area contributed by atoms with Crippen LogP contribution in [0.1, 0.15) is 22.3 Å². The van der Waals surface area contributed by atoms with Crippen LogP contribution in [0.4, 0.5) is 11.4 Å². The number of anilines is 2. The second-order valence-electron chi connectivity index (χ2n) is 8.30. The molecule has 0 saturated heterocycles. The lowest BCUT2D eigenvalue weighted by atomic mass is 10.0. The molecule has 3 aromatic carbocycles. The lowest BCUT2D eigenvalue weighted by Gasteiger charge is -2.20. The topological polar surface area (TPSA) is 113 Å². The van der Waals surface area contributed by atoms with E-state index in [1.54, 1.807) is 44.2 Å². The summed E-state index contributed by atoms with van der Waals surface area (Å²) in [5, 5.41) is 2.56. The minimum absolute atomic E-state index is 0.0104. The lowest BCUT2D eigenvalue weighted by molar-refractivity contribution is -0.115. The number of nitrogens with one attached hydrogen (secondary N) is 2. The molecule has 0 unspecified atom stereocenters. The molecule has 3 rings (SSSR count). The molecular weight excluding hydrogens is 486 g/mol. The van der Waals surface area contributed by atoms with Crippen LogP contribution in [0, 0.1) is 27.7 Å². The summed E-state index contributed by atoms with van der Waals surface area (Å²) in [6, 6.07) is 16.3. The van der Waals surface area contributed by atoms with Crippen molar-refractivity contribution in [2.75, 3.05) is 23.2 Å². The molecule has 0 radical (unpaired) electrons. The fourth-order valence-electron chi connectivity index (χ4n) is 3.69. The second kappa shape index (κ2) is 10.2. The number of aryl methyl sites for hydroxylation is 2. The van der Waals surface area contributed by atoms with Crippen LogP contribution in [-0.4, -0.2) is 36.3 Å². The van der Waals surface area contributed by atoms with Crippen LogP contribution in [0.25, 0.3) is 0 Å². The maximum atomic E-state index is 13.0. The molecule has 1 amide bonds. The number of sulfonamides is 2. The van der Waals surface area contributed by atoms with Crippen molar-refractivity contribution in [3.05, 3.63) is 82.9 Å². The Morgan fingerprint density at radius 3 is 2.03 bits per heavy atom. The van der Waals surface area contributed by atoms with Gasteiger partial charge >= 0.3 is 0 Å².